The standard InChI is InChI=1S/C40H40N4O2.ClH/c1-30-38(39(45)44(43(30)4)37-18-12-7-13-19-37)40(46,33-20-24-35(25-21-33)41(2)28-31-14-8-5-9-15-31)34-22-26-36(27-23-34)42(3)29-32-16-10-6-11-17-32;/h5-27,46H,28-29H2,1-4H3;1H. The number of quaternary nitrogens is 1. The fourth-order valence-corrected chi connectivity index (χ4v) is 6.35. The van der Waals surface area contributed by atoms with Crippen LogP contribution >= 0.6 is 0 Å². The van der Waals surface area contributed by atoms with Crippen molar-refractivity contribution in [3.05, 3.63) is 183 Å². The first-order chi connectivity index (χ1) is 22.3. The zero-order valence-corrected chi connectivity index (χ0v) is 28.0. The Morgan fingerprint density at radius 2 is 1.21 bits per heavy atom. The largest absolute Gasteiger partial charge is 1.00 e. The highest BCUT2D eigenvalue weighted by atomic mass is 35.5. The van der Waals surface area contributed by atoms with Crippen molar-refractivity contribution in [2.75, 3.05) is 19.0 Å². The minimum Gasteiger partial charge on any atom is -1.00 e. The number of hydrogen-bond donors (Lipinski definition) is 2. The van der Waals surface area contributed by atoms with Crippen molar-refractivity contribution in [2.45, 2.75) is 25.6 Å². The van der Waals surface area contributed by atoms with Crippen LogP contribution in [0.1, 0.15) is 33.5 Å². The molecule has 6 nitrogen and oxygen atoms in total. The van der Waals surface area contributed by atoms with E-state index in [4.69, 9.17) is 0 Å². The van der Waals surface area contributed by atoms with Gasteiger partial charge in [-0.05, 0) is 72.1 Å². The second-order valence-corrected chi connectivity index (χ2v) is 12.1. The average Bonchev–Trinajstić information content (AvgIpc) is 3.32. The van der Waals surface area contributed by atoms with E-state index in [-0.39, 0.29) is 18.0 Å². The van der Waals surface area contributed by atoms with Crippen LogP contribution in [0.2, 0.25) is 0 Å². The molecular formula is C40H41ClN4O2. The van der Waals surface area contributed by atoms with Crippen LogP contribution in [-0.4, -0.2) is 28.6 Å². The van der Waals surface area contributed by atoms with Crippen LogP contribution in [-0.2, 0) is 25.7 Å². The molecule has 1 aromatic heterocycles. The molecule has 0 aliphatic carbocycles. The van der Waals surface area contributed by atoms with E-state index in [0.717, 1.165) is 30.2 Å². The van der Waals surface area contributed by atoms with E-state index >= 15 is 0 Å². The molecule has 47 heavy (non-hydrogen) atoms. The number of anilines is 1. The summed E-state index contributed by atoms with van der Waals surface area (Å²) in [5.41, 5.74) is 5.67. The molecule has 240 valence electrons. The molecular weight excluding hydrogens is 604 g/mol. The molecule has 0 fully saturated rings. The maximum absolute atomic E-state index is 14.3. The van der Waals surface area contributed by atoms with Crippen molar-refractivity contribution >= 4 is 11.4 Å². The summed E-state index contributed by atoms with van der Waals surface area (Å²) in [7, 11) is 6.06. The van der Waals surface area contributed by atoms with Crippen molar-refractivity contribution in [3.63, 3.8) is 0 Å². The average molecular weight is 645 g/mol. The Balaban J connectivity index is 0.00000433. The molecule has 5 aromatic carbocycles. The zero-order chi connectivity index (χ0) is 32.3. The lowest BCUT2D eigenvalue weighted by Gasteiger charge is -2.30. The predicted molar refractivity (Wildman–Crippen MR) is 186 cm³/mol. The first-order valence-electron chi connectivity index (χ1n) is 15.7. The van der Waals surface area contributed by atoms with Gasteiger partial charge in [0.15, 0.2) is 0 Å². The van der Waals surface area contributed by atoms with Crippen molar-refractivity contribution in [3.8, 4) is 5.69 Å². The minimum absolute atomic E-state index is 0. The molecule has 0 amide bonds. The number of hydrogen-bond acceptors (Lipinski definition) is 3. The highest BCUT2D eigenvalue weighted by Gasteiger charge is 2.40. The number of benzene rings is 5. The Morgan fingerprint density at radius 3 is 1.77 bits per heavy atom. The van der Waals surface area contributed by atoms with Gasteiger partial charge in [0.25, 0.3) is 5.56 Å². The van der Waals surface area contributed by atoms with Gasteiger partial charge in [0.05, 0.1) is 18.3 Å². The topological polar surface area (TPSA) is 54.8 Å². The zero-order valence-electron chi connectivity index (χ0n) is 27.3. The van der Waals surface area contributed by atoms with E-state index in [9.17, 15) is 9.90 Å². The highest BCUT2D eigenvalue weighted by Crippen LogP contribution is 2.38. The molecule has 0 aliphatic rings. The third kappa shape index (κ3) is 6.67. The van der Waals surface area contributed by atoms with Crippen LogP contribution in [0.3, 0.4) is 0 Å². The molecule has 2 atom stereocenters. The van der Waals surface area contributed by atoms with E-state index in [1.54, 1.807) is 4.68 Å². The summed E-state index contributed by atoms with van der Waals surface area (Å²) in [6.07, 6.45) is 0. The summed E-state index contributed by atoms with van der Waals surface area (Å²) >= 11 is 0. The first-order valence-corrected chi connectivity index (χ1v) is 15.7. The Hall–Kier alpha value is -4.88. The highest BCUT2D eigenvalue weighted by molar-refractivity contribution is 5.55. The summed E-state index contributed by atoms with van der Waals surface area (Å²) in [6, 6.07) is 46.2. The van der Waals surface area contributed by atoms with Gasteiger partial charge in [0, 0.05) is 37.6 Å². The van der Waals surface area contributed by atoms with E-state index in [1.807, 2.05) is 110 Å². The van der Waals surface area contributed by atoms with E-state index < -0.39 is 5.60 Å². The Labute approximate surface area is 283 Å². The number of aromatic nitrogens is 2. The lowest BCUT2D eigenvalue weighted by atomic mass is 9.80. The summed E-state index contributed by atoms with van der Waals surface area (Å²) in [6.45, 7) is 3.49. The Morgan fingerprint density at radius 1 is 0.723 bits per heavy atom. The van der Waals surface area contributed by atoms with Crippen LogP contribution in [0.15, 0.2) is 144 Å². The summed E-state index contributed by atoms with van der Waals surface area (Å²) in [5.74, 6) is 0. The molecule has 6 aromatic rings. The molecule has 6 rings (SSSR count). The van der Waals surface area contributed by atoms with Gasteiger partial charge in [-0.1, -0.05) is 91.0 Å². The van der Waals surface area contributed by atoms with Gasteiger partial charge in [0.2, 0.25) is 0 Å². The second-order valence-electron chi connectivity index (χ2n) is 12.1. The van der Waals surface area contributed by atoms with E-state index in [2.05, 4.69) is 67.5 Å². The molecule has 0 aliphatic heterocycles. The summed E-state index contributed by atoms with van der Waals surface area (Å²) in [4.78, 5) is 17.7. The summed E-state index contributed by atoms with van der Waals surface area (Å²) in [5, 5.41) is 13.0. The number of aliphatic hydroxyl groups is 1. The lowest BCUT2D eigenvalue weighted by molar-refractivity contribution is -0.825. The fraction of sp³-hybridized carbons (Fsp3) is 0.175. The third-order valence-corrected chi connectivity index (χ3v) is 9.01. The van der Waals surface area contributed by atoms with Gasteiger partial charge >= 0.3 is 0 Å². The molecule has 0 saturated carbocycles. The van der Waals surface area contributed by atoms with Crippen LogP contribution in [0.25, 0.3) is 5.69 Å². The molecule has 2 N–H and O–H groups in total. The van der Waals surface area contributed by atoms with Gasteiger partial charge in [-0.3, -0.25) is 9.48 Å². The van der Waals surface area contributed by atoms with Crippen molar-refractivity contribution < 1.29 is 22.4 Å². The van der Waals surface area contributed by atoms with Crippen LogP contribution in [0, 0.1) is 6.92 Å². The quantitative estimate of drug-likeness (QED) is 0.241. The minimum atomic E-state index is -1.69. The number of nitrogens with one attached hydrogen (secondary N) is 1. The van der Waals surface area contributed by atoms with Gasteiger partial charge in [-0.2, -0.15) is 0 Å². The van der Waals surface area contributed by atoms with Crippen molar-refractivity contribution in [1.29, 1.82) is 0 Å². The Bertz CT molecular complexity index is 1860. The molecule has 2 unspecified atom stereocenters. The monoisotopic (exact) mass is 644 g/mol. The Kier molecular flexibility index (Phi) is 10.2. The second kappa shape index (κ2) is 14.3. The molecule has 7 heteroatoms. The predicted octanol–water partition coefficient (Wildman–Crippen LogP) is 2.76. The van der Waals surface area contributed by atoms with E-state index in [1.165, 1.54) is 16.0 Å². The van der Waals surface area contributed by atoms with Crippen LogP contribution in [0.5, 0.6) is 0 Å². The molecule has 1 heterocycles. The summed E-state index contributed by atoms with van der Waals surface area (Å²) < 4.78 is 3.45. The van der Waals surface area contributed by atoms with Crippen molar-refractivity contribution in [1.82, 2.24) is 9.36 Å². The van der Waals surface area contributed by atoms with Gasteiger partial charge in [-0.25, -0.2) is 4.68 Å². The van der Waals surface area contributed by atoms with Gasteiger partial charge in [0.1, 0.15) is 17.8 Å². The first kappa shape index (κ1) is 33.5. The molecule has 0 spiro atoms. The van der Waals surface area contributed by atoms with Crippen molar-refractivity contribution in [2.24, 2.45) is 7.05 Å². The number of nitrogens with zero attached hydrogens (tertiary/aromatic N) is 3. The fourth-order valence-electron chi connectivity index (χ4n) is 6.35. The normalized spacial score (nSPS) is 13.0. The lowest BCUT2D eigenvalue weighted by Crippen LogP contribution is -3.02. The third-order valence-electron chi connectivity index (χ3n) is 9.01. The SMILES string of the molecule is Cc1c(C(O)(c2ccc(N(C)Cc3ccccc3)cc2)c2ccc([NH+](C)Cc3ccccc3)cc2)c(=O)n(-c2ccccc2)n1C.[Cl-]. The number of para-hydroxylation sites is 1. The van der Waals surface area contributed by atoms with Crippen LogP contribution in [0.4, 0.5) is 11.4 Å². The number of halogens is 1. The molecule has 0 radical (unpaired) electrons. The van der Waals surface area contributed by atoms with Gasteiger partial charge < -0.3 is 27.3 Å². The van der Waals surface area contributed by atoms with Crippen LogP contribution < -0.4 is 27.8 Å². The molecule has 0 bridgehead atoms. The van der Waals surface area contributed by atoms with Gasteiger partial charge in [-0.15, -0.1) is 0 Å². The number of rotatable bonds is 10. The van der Waals surface area contributed by atoms with E-state index in [0.29, 0.717) is 22.4 Å². The molecule has 0 saturated heterocycles. The maximum atomic E-state index is 14.3. The smallest absolute Gasteiger partial charge is 0.278 e. The maximum Gasteiger partial charge on any atom is 0.278 e.